The predicted molar refractivity (Wildman–Crippen MR) is 199 cm³/mol. The third-order valence-corrected chi connectivity index (χ3v) is 17.2. The molecule has 0 amide bonds. The molecule has 19 atom stereocenters. The van der Waals surface area contributed by atoms with Crippen LogP contribution in [-0.2, 0) is 38.1 Å². The van der Waals surface area contributed by atoms with Gasteiger partial charge in [0.05, 0.1) is 11.5 Å². The van der Waals surface area contributed by atoms with Crippen molar-refractivity contribution in [3.63, 3.8) is 0 Å². The van der Waals surface area contributed by atoms with Gasteiger partial charge in [-0.25, -0.2) is 9.59 Å². The normalized spacial score (nSPS) is 52.6. The molecule has 11 unspecified atom stereocenters. The fourth-order valence-electron chi connectivity index (χ4n) is 13.4. The Labute approximate surface area is 337 Å². The Balaban J connectivity index is 1.17. The number of rotatable bonds is 7. The van der Waals surface area contributed by atoms with Crippen molar-refractivity contribution < 1.29 is 79.0 Å². The molecule has 58 heavy (non-hydrogen) atoms. The Hall–Kier alpha value is -2.54. The van der Waals surface area contributed by atoms with E-state index < -0.39 is 107 Å². The lowest BCUT2D eigenvalue weighted by Crippen LogP contribution is -2.68. The standard InChI is InChI=1S/C42H62O16/c1-37(2)21-8-11-42(7)31(20(43)16-18-19-17-39(4,36(53)54)13-12-38(19,3)14-15-41(18,42)6)40(21,5)10-9-22(37)55-35-30(26(47)25(46)29(57-35)33(51)52)58-34-27(48)23(44)24(45)28(56-34)32(49)50/h16,19,21-31,34-35,44-48H,8-15,17H2,1-7H3,(H,49,50)(H,51,52)(H,53,54)/t19-,21-,22?,23?,24?,25?,26?,27?,28?,29?,30?,31+,34?,35?,38+,39+,40-,41+,42+/m0/s1. The lowest BCUT2D eigenvalue weighted by atomic mass is 9.33. The number of allylic oxidation sites excluding steroid dienone is 2. The van der Waals surface area contributed by atoms with Gasteiger partial charge < -0.3 is 59.8 Å². The number of hydrogen-bond acceptors (Lipinski definition) is 13. The van der Waals surface area contributed by atoms with Gasteiger partial charge in [-0.15, -0.1) is 0 Å². The Morgan fingerprint density at radius 1 is 0.690 bits per heavy atom. The van der Waals surface area contributed by atoms with E-state index >= 15 is 0 Å². The SMILES string of the molecule is CC1(C)C(OC2OC(C(=O)O)C(O)C(O)C2OC2OC(C(=O)O)C(O)C(O)C2O)CC[C@]2(C)[C@H]3C(=O)C=C4[C@@H]5C[C@](C)(C(=O)O)CC[C@]5(C)CC[C@@]4(C)[C@]3(C)CC[C@@H]12. The highest BCUT2D eigenvalue weighted by atomic mass is 16.8. The molecule has 0 spiro atoms. The summed E-state index contributed by atoms with van der Waals surface area (Å²) in [5.41, 5.74) is -1.81. The van der Waals surface area contributed by atoms with E-state index in [0.29, 0.717) is 25.7 Å². The lowest BCUT2D eigenvalue weighted by molar-refractivity contribution is -0.371. The molecular formula is C42H62O16. The minimum atomic E-state index is -2.05. The summed E-state index contributed by atoms with van der Waals surface area (Å²) in [6, 6.07) is 0. The number of carboxylic acid groups (broad SMARTS) is 3. The molecule has 0 aromatic rings. The van der Waals surface area contributed by atoms with Crippen LogP contribution in [0, 0.1) is 50.2 Å². The van der Waals surface area contributed by atoms with Crippen LogP contribution in [-0.4, -0.2) is 132 Å². The van der Waals surface area contributed by atoms with E-state index in [9.17, 15) is 60.0 Å². The van der Waals surface area contributed by atoms with Crippen molar-refractivity contribution in [1.82, 2.24) is 0 Å². The van der Waals surface area contributed by atoms with Crippen LogP contribution in [0.4, 0.5) is 0 Å². The molecule has 0 aromatic carbocycles. The molecule has 5 aliphatic carbocycles. The molecule has 326 valence electrons. The number of ketones is 1. The van der Waals surface area contributed by atoms with E-state index in [2.05, 4.69) is 27.7 Å². The van der Waals surface area contributed by atoms with Gasteiger partial charge in [0, 0.05) is 5.92 Å². The maximum Gasteiger partial charge on any atom is 0.335 e. The zero-order valence-electron chi connectivity index (χ0n) is 34.4. The summed E-state index contributed by atoms with van der Waals surface area (Å²) in [4.78, 5) is 51.3. The zero-order chi connectivity index (χ0) is 42.9. The molecule has 2 heterocycles. The summed E-state index contributed by atoms with van der Waals surface area (Å²) in [6.45, 7) is 14.8. The van der Waals surface area contributed by atoms with E-state index in [1.165, 1.54) is 0 Å². The predicted octanol–water partition coefficient (Wildman–Crippen LogP) is 2.25. The molecule has 7 rings (SSSR count). The van der Waals surface area contributed by atoms with Crippen LogP contribution in [0.15, 0.2) is 11.6 Å². The van der Waals surface area contributed by atoms with Gasteiger partial charge in [0.2, 0.25) is 0 Å². The first-order valence-electron chi connectivity index (χ1n) is 20.7. The monoisotopic (exact) mass is 822 g/mol. The second-order valence-corrected chi connectivity index (χ2v) is 20.6. The van der Waals surface area contributed by atoms with Gasteiger partial charge >= 0.3 is 17.9 Å². The van der Waals surface area contributed by atoms with Crippen LogP contribution in [0.3, 0.4) is 0 Å². The van der Waals surface area contributed by atoms with Crippen LogP contribution in [0.2, 0.25) is 0 Å². The number of ether oxygens (including phenoxy) is 4. The molecule has 16 nitrogen and oxygen atoms in total. The fraction of sp³-hybridized carbons (Fsp3) is 0.857. The Morgan fingerprint density at radius 3 is 1.88 bits per heavy atom. The summed E-state index contributed by atoms with van der Waals surface area (Å²) < 4.78 is 23.4. The second-order valence-electron chi connectivity index (χ2n) is 20.6. The van der Waals surface area contributed by atoms with Crippen molar-refractivity contribution in [3.8, 4) is 0 Å². The fourth-order valence-corrected chi connectivity index (χ4v) is 13.4. The third-order valence-electron chi connectivity index (χ3n) is 17.2. The van der Waals surface area contributed by atoms with Crippen molar-refractivity contribution in [3.05, 3.63) is 11.6 Å². The highest BCUT2D eigenvalue weighted by Gasteiger charge is 2.71. The first-order valence-corrected chi connectivity index (χ1v) is 20.7. The van der Waals surface area contributed by atoms with Gasteiger partial charge in [-0.2, -0.15) is 0 Å². The Morgan fingerprint density at radius 2 is 1.28 bits per heavy atom. The molecule has 4 saturated carbocycles. The van der Waals surface area contributed by atoms with Gasteiger partial charge in [-0.1, -0.05) is 47.1 Å². The largest absolute Gasteiger partial charge is 0.481 e. The van der Waals surface area contributed by atoms with Gasteiger partial charge in [0.25, 0.3) is 0 Å². The average Bonchev–Trinajstić information content (AvgIpc) is 3.13. The molecule has 0 radical (unpaired) electrons. The van der Waals surface area contributed by atoms with E-state index in [-0.39, 0.29) is 34.4 Å². The molecule has 6 fully saturated rings. The minimum Gasteiger partial charge on any atom is -0.481 e. The molecule has 2 aliphatic heterocycles. The van der Waals surface area contributed by atoms with Crippen molar-refractivity contribution in [1.29, 1.82) is 0 Å². The van der Waals surface area contributed by atoms with Gasteiger partial charge in [0.1, 0.15) is 36.6 Å². The number of hydrogen-bond donors (Lipinski definition) is 8. The van der Waals surface area contributed by atoms with Crippen LogP contribution in [0.25, 0.3) is 0 Å². The molecule has 0 bridgehead atoms. The first-order chi connectivity index (χ1) is 26.8. The van der Waals surface area contributed by atoms with Crippen molar-refractivity contribution >= 4 is 23.7 Å². The third kappa shape index (κ3) is 6.25. The van der Waals surface area contributed by atoms with Gasteiger partial charge in [0.15, 0.2) is 30.6 Å². The van der Waals surface area contributed by atoms with Gasteiger partial charge in [-0.3, -0.25) is 9.59 Å². The minimum absolute atomic E-state index is 0.0217. The average molecular weight is 823 g/mol. The highest BCUT2D eigenvalue weighted by molar-refractivity contribution is 5.95. The number of carboxylic acids is 3. The topological polar surface area (TPSA) is 267 Å². The smallest absolute Gasteiger partial charge is 0.335 e. The van der Waals surface area contributed by atoms with Crippen LogP contribution in [0.1, 0.15) is 106 Å². The lowest BCUT2D eigenvalue weighted by Gasteiger charge is -2.70. The Kier molecular flexibility index (Phi) is 10.7. The number of carbonyl (C=O) groups is 4. The zero-order valence-corrected chi connectivity index (χ0v) is 34.4. The maximum absolute atomic E-state index is 14.8. The van der Waals surface area contributed by atoms with Gasteiger partial charge in [-0.05, 0) is 110 Å². The number of carbonyl (C=O) groups excluding carboxylic acids is 1. The van der Waals surface area contributed by atoms with E-state index in [0.717, 1.165) is 37.7 Å². The quantitative estimate of drug-likeness (QED) is 0.171. The van der Waals surface area contributed by atoms with Crippen LogP contribution < -0.4 is 0 Å². The van der Waals surface area contributed by atoms with E-state index in [1.807, 2.05) is 26.8 Å². The van der Waals surface area contributed by atoms with Crippen molar-refractivity contribution in [2.75, 3.05) is 0 Å². The van der Waals surface area contributed by atoms with Crippen LogP contribution >= 0.6 is 0 Å². The van der Waals surface area contributed by atoms with Crippen molar-refractivity contribution in [2.45, 2.75) is 174 Å². The molecule has 8 N–H and O–H groups in total. The maximum atomic E-state index is 14.8. The summed E-state index contributed by atoms with van der Waals surface area (Å²) in [6.07, 6.45) is -12.2. The summed E-state index contributed by atoms with van der Waals surface area (Å²) in [5.74, 6) is -4.47. The van der Waals surface area contributed by atoms with E-state index in [1.54, 1.807) is 0 Å². The number of fused-ring (bicyclic) bond motifs is 7. The van der Waals surface area contributed by atoms with Crippen LogP contribution in [0.5, 0.6) is 0 Å². The molecule has 7 aliphatic rings. The molecule has 2 saturated heterocycles. The number of aliphatic carboxylic acids is 3. The molecular weight excluding hydrogens is 760 g/mol. The van der Waals surface area contributed by atoms with E-state index in [4.69, 9.17) is 18.9 Å². The molecule has 16 heteroatoms. The number of aliphatic hydroxyl groups excluding tert-OH is 5. The summed E-state index contributed by atoms with van der Waals surface area (Å²) in [5, 5.41) is 83.0. The number of aliphatic hydroxyl groups is 5. The second kappa shape index (κ2) is 14.3. The summed E-state index contributed by atoms with van der Waals surface area (Å²) >= 11 is 0. The van der Waals surface area contributed by atoms with Crippen molar-refractivity contribution in [2.24, 2.45) is 50.2 Å². The first kappa shape index (κ1) is 43.5. The Bertz CT molecular complexity index is 1730. The summed E-state index contributed by atoms with van der Waals surface area (Å²) in [7, 11) is 0. The molecule has 0 aromatic heterocycles. The highest BCUT2D eigenvalue weighted by Crippen LogP contribution is 2.75.